The van der Waals surface area contributed by atoms with Crippen molar-refractivity contribution in [2.24, 2.45) is 0 Å². The van der Waals surface area contributed by atoms with E-state index in [0.717, 1.165) is 12.0 Å². The monoisotopic (exact) mass is 242 g/mol. The summed E-state index contributed by atoms with van der Waals surface area (Å²) < 4.78 is 25.2. The first-order chi connectivity index (χ1) is 7.49. The molecule has 0 aliphatic carbocycles. The lowest BCUT2D eigenvalue weighted by atomic mass is 10.1. The summed E-state index contributed by atoms with van der Waals surface area (Å²) in [6, 6.07) is 7.33. The van der Waals surface area contributed by atoms with E-state index < -0.39 is 10.0 Å². The summed E-state index contributed by atoms with van der Waals surface area (Å²) in [6.07, 6.45) is 0.885. The van der Waals surface area contributed by atoms with Gasteiger partial charge in [0.15, 0.2) is 0 Å². The first-order valence-corrected chi connectivity index (χ1v) is 6.67. The maximum atomic E-state index is 11.5. The van der Waals surface area contributed by atoms with Crippen molar-refractivity contribution < 1.29 is 8.42 Å². The third-order valence-electron chi connectivity index (χ3n) is 2.54. The Kier molecular flexibility index (Phi) is 4.46. The van der Waals surface area contributed by atoms with Gasteiger partial charge in [0.05, 0.1) is 4.90 Å². The fourth-order valence-corrected chi connectivity index (χ4v) is 2.11. The summed E-state index contributed by atoms with van der Waals surface area (Å²) in [7, 11) is 0.00168. The first kappa shape index (κ1) is 13.2. The van der Waals surface area contributed by atoms with Crippen molar-refractivity contribution in [3.8, 4) is 0 Å². The highest BCUT2D eigenvalue weighted by atomic mass is 32.2. The third kappa shape index (κ3) is 3.30. The van der Waals surface area contributed by atoms with E-state index in [0.29, 0.717) is 10.9 Å². The Morgan fingerprint density at radius 2 is 1.75 bits per heavy atom. The summed E-state index contributed by atoms with van der Waals surface area (Å²) in [4.78, 5) is 0.302. The summed E-state index contributed by atoms with van der Waals surface area (Å²) >= 11 is 0. The highest BCUT2D eigenvalue weighted by molar-refractivity contribution is 7.89. The van der Waals surface area contributed by atoms with Crippen molar-refractivity contribution in [2.45, 2.75) is 24.3 Å². The van der Waals surface area contributed by atoms with Gasteiger partial charge in [0, 0.05) is 6.04 Å². The van der Waals surface area contributed by atoms with E-state index in [9.17, 15) is 8.42 Å². The average Bonchev–Trinajstić information content (AvgIpc) is 2.29. The van der Waals surface area contributed by atoms with Gasteiger partial charge in [0.1, 0.15) is 0 Å². The molecule has 0 spiro atoms. The van der Waals surface area contributed by atoms with Crippen molar-refractivity contribution in [1.29, 1.82) is 0 Å². The molecule has 1 atom stereocenters. The van der Waals surface area contributed by atoms with Crippen LogP contribution in [0.3, 0.4) is 0 Å². The maximum absolute atomic E-state index is 11.5. The maximum Gasteiger partial charge on any atom is 0.240 e. The van der Waals surface area contributed by atoms with Crippen molar-refractivity contribution in [3.63, 3.8) is 0 Å². The minimum Gasteiger partial charge on any atom is -0.317 e. The van der Waals surface area contributed by atoms with Crippen LogP contribution in [0.4, 0.5) is 0 Å². The molecule has 0 bridgehead atoms. The van der Waals surface area contributed by atoms with Crippen molar-refractivity contribution in [1.82, 2.24) is 10.0 Å². The van der Waals surface area contributed by atoms with E-state index in [-0.39, 0.29) is 0 Å². The van der Waals surface area contributed by atoms with Gasteiger partial charge >= 0.3 is 0 Å². The topological polar surface area (TPSA) is 58.2 Å². The molecule has 1 unspecified atom stereocenters. The molecule has 0 aliphatic rings. The fraction of sp³-hybridized carbons (Fsp3) is 0.455. The van der Waals surface area contributed by atoms with Crippen molar-refractivity contribution >= 4 is 10.0 Å². The lowest BCUT2D eigenvalue weighted by Gasteiger charge is -2.10. The largest absolute Gasteiger partial charge is 0.317 e. The summed E-state index contributed by atoms with van der Waals surface area (Å²) in [5.74, 6) is 0. The molecule has 0 aromatic heterocycles. The van der Waals surface area contributed by atoms with Gasteiger partial charge in [-0.05, 0) is 45.1 Å². The quantitative estimate of drug-likeness (QED) is 0.801. The molecule has 1 aromatic rings. The molecule has 2 N–H and O–H groups in total. The normalized spacial score (nSPS) is 13.7. The Balaban J connectivity index is 2.84. The number of rotatable bonds is 5. The molecule has 0 fully saturated rings. The minimum atomic E-state index is -3.31. The standard InChI is InChI=1S/C11H18N2O2S/c1-9(12-2)8-10-4-6-11(7-5-10)16(14,15)13-3/h4-7,9,12-13H,8H2,1-3H3. The van der Waals surface area contributed by atoms with Crippen molar-refractivity contribution in [3.05, 3.63) is 29.8 Å². The number of nitrogens with one attached hydrogen (secondary N) is 2. The molecule has 0 saturated carbocycles. The van der Waals surface area contributed by atoms with Crippen LogP contribution in [-0.2, 0) is 16.4 Å². The Labute approximate surface area is 97.1 Å². The average molecular weight is 242 g/mol. The van der Waals surface area contributed by atoms with Gasteiger partial charge in [0.25, 0.3) is 0 Å². The first-order valence-electron chi connectivity index (χ1n) is 5.19. The van der Waals surface area contributed by atoms with Gasteiger partial charge in [0.2, 0.25) is 10.0 Å². The van der Waals surface area contributed by atoms with Gasteiger partial charge < -0.3 is 5.32 Å². The number of sulfonamides is 1. The van der Waals surface area contributed by atoms with E-state index in [1.807, 2.05) is 19.2 Å². The molecule has 4 nitrogen and oxygen atoms in total. The molecule has 1 aromatic carbocycles. The Hall–Kier alpha value is -0.910. The molecule has 0 radical (unpaired) electrons. The predicted octanol–water partition coefficient (Wildman–Crippen LogP) is 0.745. The number of likely N-dealkylation sites (N-methyl/N-ethyl adjacent to an activating group) is 1. The van der Waals surface area contributed by atoms with Gasteiger partial charge in [-0.1, -0.05) is 12.1 Å². The van der Waals surface area contributed by atoms with Crippen LogP contribution in [-0.4, -0.2) is 28.6 Å². The second-order valence-electron chi connectivity index (χ2n) is 3.75. The molecule has 0 aliphatic heterocycles. The predicted molar refractivity (Wildman–Crippen MR) is 64.9 cm³/mol. The smallest absolute Gasteiger partial charge is 0.240 e. The second-order valence-corrected chi connectivity index (χ2v) is 5.63. The van der Waals surface area contributed by atoms with Crippen LogP contribution in [0.25, 0.3) is 0 Å². The molecule has 0 amide bonds. The van der Waals surface area contributed by atoms with E-state index in [4.69, 9.17) is 0 Å². The minimum absolute atomic E-state index is 0.302. The van der Waals surface area contributed by atoms with E-state index in [1.165, 1.54) is 7.05 Å². The Morgan fingerprint density at radius 1 is 1.19 bits per heavy atom. The lowest BCUT2D eigenvalue weighted by molar-refractivity contribution is 0.588. The molecule has 16 heavy (non-hydrogen) atoms. The van der Waals surface area contributed by atoms with Crippen LogP contribution < -0.4 is 10.0 Å². The highest BCUT2D eigenvalue weighted by Crippen LogP contribution is 2.11. The third-order valence-corrected chi connectivity index (χ3v) is 3.97. The van der Waals surface area contributed by atoms with Crippen LogP contribution >= 0.6 is 0 Å². The van der Waals surface area contributed by atoms with E-state index in [1.54, 1.807) is 12.1 Å². The van der Waals surface area contributed by atoms with Gasteiger partial charge in [-0.3, -0.25) is 0 Å². The number of hydrogen-bond donors (Lipinski definition) is 2. The zero-order chi connectivity index (χ0) is 12.2. The lowest BCUT2D eigenvalue weighted by Crippen LogP contribution is -2.23. The van der Waals surface area contributed by atoms with Gasteiger partial charge in [-0.15, -0.1) is 0 Å². The Morgan fingerprint density at radius 3 is 2.19 bits per heavy atom. The molecule has 0 saturated heterocycles. The second kappa shape index (κ2) is 5.43. The molecule has 90 valence electrons. The van der Waals surface area contributed by atoms with Crippen LogP contribution in [0.1, 0.15) is 12.5 Å². The van der Waals surface area contributed by atoms with Crippen LogP contribution in [0.5, 0.6) is 0 Å². The summed E-state index contributed by atoms with van der Waals surface area (Å²) in [6.45, 7) is 2.08. The fourth-order valence-electron chi connectivity index (χ4n) is 1.38. The SMILES string of the molecule is CNC(C)Cc1ccc(S(=O)(=O)NC)cc1. The molecule has 0 heterocycles. The molecular formula is C11H18N2O2S. The van der Waals surface area contributed by atoms with Gasteiger partial charge in [-0.2, -0.15) is 0 Å². The van der Waals surface area contributed by atoms with Crippen LogP contribution in [0.15, 0.2) is 29.2 Å². The van der Waals surface area contributed by atoms with E-state index in [2.05, 4.69) is 17.0 Å². The summed E-state index contributed by atoms with van der Waals surface area (Å²) in [5.41, 5.74) is 1.12. The molecular weight excluding hydrogens is 224 g/mol. The number of benzene rings is 1. The van der Waals surface area contributed by atoms with Crippen molar-refractivity contribution in [2.75, 3.05) is 14.1 Å². The highest BCUT2D eigenvalue weighted by Gasteiger charge is 2.10. The molecule has 1 rings (SSSR count). The zero-order valence-corrected chi connectivity index (χ0v) is 10.6. The molecule has 5 heteroatoms. The Bertz CT molecular complexity index is 426. The zero-order valence-electron chi connectivity index (χ0n) is 9.82. The van der Waals surface area contributed by atoms with Gasteiger partial charge in [-0.25, -0.2) is 13.1 Å². The van der Waals surface area contributed by atoms with Crippen LogP contribution in [0, 0.1) is 0 Å². The van der Waals surface area contributed by atoms with Crippen LogP contribution in [0.2, 0.25) is 0 Å². The van der Waals surface area contributed by atoms with E-state index >= 15 is 0 Å². The summed E-state index contributed by atoms with van der Waals surface area (Å²) in [5, 5.41) is 3.14. The number of hydrogen-bond acceptors (Lipinski definition) is 3.